The first-order chi connectivity index (χ1) is 11.6. The average molecular weight is 325 g/mol. The lowest BCUT2D eigenvalue weighted by Gasteiger charge is -2.21. The predicted molar refractivity (Wildman–Crippen MR) is 90.9 cm³/mol. The molecule has 3 rings (SSSR count). The van der Waals surface area contributed by atoms with E-state index in [1.807, 2.05) is 48.1 Å². The molecular formula is C19H20FN3O. The summed E-state index contributed by atoms with van der Waals surface area (Å²) >= 11 is 0. The van der Waals surface area contributed by atoms with Gasteiger partial charge in [-0.05, 0) is 23.3 Å². The maximum absolute atomic E-state index is 13.2. The second-order valence-corrected chi connectivity index (χ2v) is 5.72. The van der Waals surface area contributed by atoms with Crippen LogP contribution in [-0.2, 0) is 7.05 Å². The minimum atomic E-state index is -0.630. The molecule has 0 fully saturated rings. The standard InChI is InChI=1S/C19H20FN3O/c1-23-12-11-21-19(23)18(15-7-9-16(20)10-8-15)22-13-17(24)14-5-3-2-4-6-14/h2-12,17-18,22,24H,13H2,1H3. The SMILES string of the molecule is Cn1ccnc1C(NCC(O)c1ccccc1)c1ccc(F)cc1. The van der Waals surface area contributed by atoms with Crippen molar-refractivity contribution >= 4 is 0 Å². The highest BCUT2D eigenvalue weighted by atomic mass is 19.1. The molecule has 0 aliphatic rings. The Morgan fingerprint density at radius 1 is 1.08 bits per heavy atom. The Labute approximate surface area is 140 Å². The van der Waals surface area contributed by atoms with Crippen molar-refractivity contribution in [2.24, 2.45) is 7.05 Å². The number of aryl methyl sites for hydroxylation is 1. The van der Waals surface area contributed by atoms with Crippen LogP contribution in [0.2, 0.25) is 0 Å². The third-order valence-corrected chi connectivity index (χ3v) is 4.02. The van der Waals surface area contributed by atoms with E-state index in [0.29, 0.717) is 6.54 Å². The Balaban J connectivity index is 1.80. The molecule has 2 atom stereocenters. The van der Waals surface area contributed by atoms with Gasteiger partial charge in [-0.3, -0.25) is 0 Å². The van der Waals surface area contributed by atoms with E-state index in [1.165, 1.54) is 12.1 Å². The number of aliphatic hydroxyl groups is 1. The van der Waals surface area contributed by atoms with Crippen molar-refractivity contribution in [1.29, 1.82) is 0 Å². The number of hydrogen-bond donors (Lipinski definition) is 2. The molecule has 0 radical (unpaired) electrons. The molecule has 2 N–H and O–H groups in total. The third kappa shape index (κ3) is 3.69. The van der Waals surface area contributed by atoms with Gasteiger partial charge in [0, 0.05) is 26.0 Å². The highest BCUT2D eigenvalue weighted by Gasteiger charge is 2.19. The van der Waals surface area contributed by atoms with Crippen molar-refractivity contribution in [2.75, 3.05) is 6.54 Å². The number of nitrogens with zero attached hydrogens (tertiary/aromatic N) is 2. The van der Waals surface area contributed by atoms with Crippen LogP contribution in [-0.4, -0.2) is 21.2 Å². The summed E-state index contributed by atoms with van der Waals surface area (Å²) in [6.07, 6.45) is 2.96. The molecule has 0 spiro atoms. The van der Waals surface area contributed by atoms with Crippen LogP contribution in [0.5, 0.6) is 0 Å². The van der Waals surface area contributed by atoms with Crippen LogP contribution in [0.4, 0.5) is 4.39 Å². The van der Waals surface area contributed by atoms with Crippen molar-refractivity contribution in [3.05, 3.63) is 89.8 Å². The molecule has 1 heterocycles. The fraction of sp³-hybridized carbons (Fsp3) is 0.211. The van der Waals surface area contributed by atoms with Crippen LogP contribution < -0.4 is 5.32 Å². The lowest BCUT2D eigenvalue weighted by molar-refractivity contribution is 0.171. The number of hydrogen-bond acceptors (Lipinski definition) is 3. The van der Waals surface area contributed by atoms with Crippen LogP contribution in [0.15, 0.2) is 67.0 Å². The van der Waals surface area contributed by atoms with E-state index in [1.54, 1.807) is 18.3 Å². The molecule has 0 saturated carbocycles. The van der Waals surface area contributed by atoms with E-state index in [0.717, 1.165) is 17.0 Å². The van der Waals surface area contributed by atoms with Crippen molar-refractivity contribution in [1.82, 2.24) is 14.9 Å². The maximum atomic E-state index is 13.2. The van der Waals surface area contributed by atoms with Crippen molar-refractivity contribution < 1.29 is 9.50 Å². The number of aromatic nitrogens is 2. The second-order valence-electron chi connectivity index (χ2n) is 5.72. The van der Waals surface area contributed by atoms with Gasteiger partial charge in [-0.1, -0.05) is 42.5 Å². The van der Waals surface area contributed by atoms with Crippen molar-refractivity contribution in [2.45, 2.75) is 12.1 Å². The van der Waals surface area contributed by atoms with Crippen LogP contribution in [0.25, 0.3) is 0 Å². The fourth-order valence-electron chi connectivity index (χ4n) is 2.69. The summed E-state index contributed by atoms with van der Waals surface area (Å²) in [5.41, 5.74) is 1.74. The smallest absolute Gasteiger partial charge is 0.130 e. The molecule has 3 aromatic rings. The van der Waals surface area contributed by atoms with E-state index in [-0.39, 0.29) is 11.9 Å². The lowest BCUT2D eigenvalue weighted by atomic mass is 10.0. The summed E-state index contributed by atoms with van der Waals surface area (Å²) in [7, 11) is 1.91. The summed E-state index contributed by atoms with van der Waals surface area (Å²) < 4.78 is 15.1. The monoisotopic (exact) mass is 325 g/mol. The molecule has 5 heteroatoms. The van der Waals surface area contributed by atoms with Gasteiger partial charge in [0.1, 0.15) is 11.6 Å². The quantitative estimate of drug-likeness (QED) is 0.732. The Morgan fingerprint density at radius 2 is 1.79 bits per heavy atom. The number of rotatable bonds is 6. The van der Waals surface area contributed by atoms with Gasteiger partial charge in [0.2, 0.25) is 0 Å². The van der Waals surface area contributed by atoms with Crippen molar-refractivity contribution in [3.8, 4) is 0 Å². The van der Waals surface area contributed by atoms with Gasteiger partial charge in [0.25, 0.3) is 0 Å². The number of benzene rings is 2. The van der Waals surface area contributed by atoms with E-state index in [2.05, 4.69) is 10.3 Å². The summed E-state index contributed by atoms with van der Waals surface area (Å²) in [5, 5.41) is 13.7. The first-order valence-electron chi connectivity index (χ1n) is 7.84. The van der Waals surface area contributed by atoms with E-state index in [4.69, 9.17) is 0 Å². The fourth-order valence-corrected chi connectivity index (χ4v) is 2.69. The zero-order valence-corrected chi connectivity index (χ0v) is 13.4. The number of nitrogens with one attached hydrogen (secondary N) is 1. The van der Waals surface area contributed by atoms with Crippen LogP contribution in [0.1, 0.15) is 29.1 Å². The molecule has 0 bridgehead atoms. The first-order valence-corrected chi connectivity index (χ1v) is 7.84. The van der Waals surface area contributed by atoms with Gasteiger partial charge in [-0.2, -0.15) is 0 Å². The molecular weight excluding hydrogens is 305 g/mol. The normalized spacial score (nSPS) is 13.6. The van der Waals surface area contributed by atoms with Gasteiger partial charge < -0.3 is 15.0 Å². The zero-order valence-electron chi connectivity index (χ0n) is 13.4. The molecule has 124 valence electrons. The molecule has 0 aliphatic heterocycles. The molecule has 0 amide bonds. The van der Waals surface area contributed by atoms with Gasteiger partial charge in [-0.15, -0.1) is 0 Å². The molecule has 4 nitrogen and oxygen atoms in total. The molecule has 2 unspecified atom stereocenters. The summed E-state index contributed by atoms with van der Waals surface area (Å²) in [4.78, 5) is 4.39. The van der Waals surface area contributed by atoms with Gasteiger partial charge >= 0.3 is 0 Å². The minimum absolute atomic E-state index is 0.232. The Kier molecular flexibility index (Phi) is 5.03. The summed E-state index contributed by atoms with van der Waals surface area (Å²) in [6, 6.07) is 15.6. The van der Waals surface area contributed by atoms with E-state index >= 15 is 0 Å². The van der Waals surface area contributed by atoms with E-state index < -0.39 is 6.10 Å². The summed E-state index contributed by atoms with van der Waals surface area (Å²) in [5.74, 6) is 0.531. The molecule has 2 aromatic carbocycles. The zero-order chi connectivity index (χ0) is 16.9. The highest BCUT2D eigenvalue weighted by Crippen LogP contribution is 2.22. The number of aliphatic hydroxyl groups excluding tert-OH is 1. The van der Waals surface area contributed by atoms with Gasteiger partial charge in [-0.25, -0.2) is 9.37 Å². The molecule has 1 aromatic heterocycles. The highest BCUT2D eigenvalue weighted by molar-refractivity contribution is 5.26. The first kappa shape index (κ1) is 16.4. The average Bonchev–Trinajstić information content (AvgIpc) is 3.03. The second kappa shape index (κ2) is 7.38. The van der Waals surface area contributed by atoms with Crippen LogP contribution in [0.3, 0.4) is 0 Å². The van der Waals surface area contributed by atoms with E-state index in [9.17, 15) is 9.50 Å². The number of imidazole rings is 1. The summed E-state index contributed by atoms with van der Waals surface area (Å²) in [6.45, 7) is 0.360. The Morgan fingerprint density at radius 3 is 2.42 bits per heavy atom. The predicted octanol–water partition coefficient (Wildman–Crippen LogP) is 2.97. The molecule has 0 saturated heterocycles. The Hall–Kier alpha value is -2.50. The number of halogens is 1. The Bertz CT molecular complexity index is 771. The van der Waals surface area contributed by atoms with Gasteiger partial charge in [0.15, 0.2) is 0 Å². The molecule has 24 heavy (non-hydrogen) atoms. The molecule has 0 aliphatic carbocycles. The largest absolute Gasteiger partial charge is 0.387 e. The topological polar surface area (TPSA) is 50.1 Å². The van der Waals surface area contributed by atoms with Gasteiger partial charge in [0.05, 0.1) is 12.1 Å². The van der Waals surface area contributed by atoms with Crippen LogP contribution in [0, 0.1) is 5.82 Å². The van der Waals surface area contributed by atoms with Crippen molar-refractivity contribution in [3.63, 3.8) is 0 Å². The maximum Gasteiger partial charge on any atom is 0.130 e. The lowest BCUT2D eigenvalue weighted by Crippen LogP contribution is -2.29. The third-order valence-electron chi connectivity index (χ3n) is 4.02. The minimum Gasteiger partial charge on any atom is -0.387 e. The van der Waals surface area contributed by atoms with Crippen LogP contribution >= 0.6 is 0 Å².